The van der Waals surface area contributed by atoms with Gasteiger partial charge in [0.05, 0.1) is 0 Å². The second kappa shape index (κ2) is 5.99. The summed E-state index contributed by atoms with van der Waals surface area (Å²) in [5, 5.41) is 1.59. The van der Waals surface area contributed by atoms with Crippen LogP contribution in [0.2, 0.25) is 0 Å². The van der Waals surface area contributed by atoms with Crippen molar-refractivity contribution in [2.24, 2.45) is 11.7 Å². The number of hydrogen-bond acceptors (Lipinski definition) is 3. The summed E-state index contributed by atoms with van der Waals surface area (Å²) in [7, 11) is 0. The Morgan fingerprint density at radius 1 is 1.36 bits per heavy atom. The van der Waals surface area contributed by atoms with Gasteiger partial charge in [0.25, 0.3) is 0 Å². The molecule has 1 fully saturated rings. The van der Waals surface area contributed by atoms with E-state index < -0.39 is 0 Å². The van der Waals surface area contributed by atoms with Gasteiger partial charge in [0.2, 0.25) is 0 Å². The minimum absolute atomic E-state index is 0.752. The SMILES string of the molecule is CC(CCN)CN1CC(C)SC(C)C1. The molecule has 0 spiro atoms. The van der Waals surface area contributed by atoms with Crippen molar-refractivity contribution in [3.63, 3.8) is 0 Å². The zero-order chi connectivity index (χ0) is 10.6. The lowest BCUT2D eigenvalue weighted by molar-refractivity contribution is 0.231. The molecule has 0 saturated carbocycles. The summed E-state index contributed by atoms with van der Waals surface area (Å²) >= 11 is 2.12. The van der Waals surface area contributed by atoms with E-state index in [1.54, 1.807) is 0 Å². The lowest BCUT2D eigenvalue weighted by Gasteiger charge is -2.36. The highest BCUT2D eigenvalue weighted by Crippen LogP contribution is 2.25. The first-order chi connectivity index (χ1) is 6.61. The van der Waals surface area contributed by atoms with Crippen LogP contribution >= 0.6 is 11.8 Å². The Morgan fingerprint density at radius 3 is 2.43 bits per heavy atom. The number of nitrogens with zero attached hydrogens (tertiary/aromatic N) is 1. The fourth-order valence-corrected chi connectivity index (χ4v) is 3.64. The molecule has 0 bridgehead atoms. The molecule has 3 atom stereocenters. The van der Waals surface area contributed by atoms with Crippen molar-refractivity contribution in [1.29, 1.82) is 0 Å². The molecule has 1 aliphatic rings. The topological polar surface area (TPSA) is 29.3 Å². The van der Waals surface area contributed by atoms with Gasteiger partial charge in [-0.1, -0.05) is 20.8 Å². The van der Waals surface area contributed by atoms with E-state index in [0.717, 1.165) is 29.4 Å². The number of thioether (sulfide) groups is 1. The molecule has 1 saturated heterocycles. The fourth-order valence-electron chi connectivity index (χ4n) is 2.25. The predicted molar refractivity (Wildman–Crippen MR) is 65.8 cm³/mol. The summed E-state index contributed by atoms with van der Waals surface area (Å²) in [6.45, 7) is 11.5. The molecule has 3 unspecified atom stereocenters. The van der Waals surface area contributed by atoms with Crippen LogP contribution < -0.4 is 5.73 Å². The fraction of sp³-hybridized carbons (Fsp3) is 1.00. The first kappa shape index (κ1) is 12.3. The third-order valence-electron chi connectivity index (χ3n) is 2.72. The van der Waals surface area contributed by atoms with E-state index in [-0.39, 0.29) is 0 Å². The maximum Gasteiger partial charge on any atom is 0.0149 e. The van der Waals surface area contributed by atoms with Crippen molar-refractivity contribution in [2.75, 3.05) is 26.2 Å². The molecule has 2 nitrogen and oxygen atoms in total. The summed E-state index contributed by atoms with van der Waals surface area (Å²) in [4.78, 5) is 2.60. The summed E-state index contributed by atoms with van der Waals surface area (Å²) in [5.41, 5.74) is 5.57. The Kier molecular flexibility index (Phi) is 5.28. The van der Waals surface area contributed by atoms with Crippen LogP contribution in [0.15, 0.2) is 0 Å². The first-order valence-corrected chi connectivity index (χ1v) is 6.64. The molecule has 3 heteroatoms. The molecular formula is C11H24N2S. The molecule has 14 heavy (non-hydrogen) atoms. The molecule has 2 N–H and O–H groups in total. The number of rotatable bonds is 4. The van der Waals surface area contributed by atoms with Gasteiger partial charge in [-0.05, 0) is 18.9 Å². The van der Waals surface area contributed by atoms with Crippen LogP contribution in [-0.4, -0.2) is 41.6 Å². The Labute approximate surface area is 92.6 Å². The molecule has 0 aromatic carbocycles. The smallest absolute Gasteiger partial charge is 0.0149 e. The Bertz CT molecular complexity index is 153. The quantitative estimate of drug-likeness (QED) is 0.777. The van der Waals surface area contributed by atoms with E-state index in [1.165, 1.54) is 19.6 Å². The van der Waals surface area contributed by atoms with Crippen LogP contribution in [0.25, 0.3) is 0 Å². The predicted octanol–water partition coefficient (Wildman–Crippen LogP) is 1.80. The molecule has 0 aromatic heterocycles. The highest BCUT2D eigenvalue weighted by molar-refractivity contribution is 8.00. The van der Waals surface area contributed by atoms with Crippen LogP contribution in [0, 0.1) is 5.92 Å². The van der Waals surface area contributed by atoms with Crippen molar-refractivity contribution in [3.8, 4) is 0 Å². The van der Waals surface area contributed by atoms with Crippen LogP contribution in [0.5, 0.6) is 0 Å². The second-order valence-corrected chi connectivity index (χ2v) is 6.54. The van der Waals surface area contributed by atoms with Gasteiger partial charge in [-0.15, -0.1) is 0 Å². The lowest BCUT2D eigenvalue weighted by atomic mass is 10.1. The van der Waals surface area contributed by atoms with Crippen molar-refractivity contribution in [2.45, 2.75) is 37.7 Å². The minimum Gasteiger partial charge on any atom is -0.330 e. The highest BCUT2D eigenvalue weighted by Gasteiger charge is 2.22. The van der Waals surface area contributed by atoms with Crippen LogP contribution in [0.4, 0.5) is 0 Å². The summed E-state index contributed by atoms with van der Waals surface area (Å²) < 4.78 is 0. The average molecular weight is 216 g/mol. The van der Waals surface area contributed by atoms with Crippen molar-refractivity contribution >= 4 is 11.8 Å². The molecule has 0 radical (unpaired) electrons. The van der Waals surface area contributed by atoms with Gasteiger partial charge in [-0.2, -0.15) is 11.8 Å². The third kappa shape index (κ3) is 4.20. The molecule has 84 valence electrons. The van der Waals surface area contributed by atoms with Gasteiger partial charge in [-0.25, -0.2) is 0 Å². The number of nitrogens with two attached hydrogens (primary N) is 1. The number of hydrogen-bond donors (Lipinski definition) is 1. The van der Waals surface area contributed by atoms with Crippen molar-refractivity contribution < 1.29 is 0 Å². The average Bonchev–Trinajstić information content (AvgIpc) is 2.01. The molecule has 0 aromatic rings. The van der Waals surface area contributed by atoms with Gasteiger partial charge in [-0.3, -0.25) is 0 Å². The zero-order valence-electron chi connectivity index (χ0n) is 9.70. The van der Waals surface area contributed by atoms with E-state index in [1.807, 2.05) is 0 Å². The molecule has 0 aliphatic carbocycles. The van der Waals surface area contributed by atoms with Gasteiger partial charge >= 0.3 is 0 Å². The molecule has 1 rings (SSSR count). The van der Waals surface area contributed by atoms with Crippen molar-refractivity contribution in [1.82, 2.24) is 4.90 Å². The van der Waals surface area contributed by atoms with Crippen molar-refractivity contribution in [3.05, 3.63) is 0 Å². The van der Waals surface area contributed by atoms with Gasteiger partial charge < -0.3 is 10.6 Å². The second-order valence-electron chi connectivity index (χ2n) is 4.66. The molecular weight excluding hydrogens is 192 g/mol. The summed E-state index contributed by atoms with van der Waals surface area (Å²) in [6, 6.07) is 0. The van der Waals surface area contributed by atoms with E-state index >= 15 is 0 Å². The monoisotopic (exact) mass is 216 g/mol. The maximum atomic E-state index is 5.57. The third-order valence-corrected chi connectivity index (χ3v) is 3.95. The molecule has 1 aliphatic heterocycles. The Morgan fingerprint density at radius 2 is 1.93 bits per heavy atom. The minimum atomic E-state index is 0.752. The molecule has 1 heterocycles. The van der Waals surface area contributed by atoms with Gasteiger partial charge in [0, 0.05) is 30.1 Å². The van der Waals surface area contributed by atoms with E-state index in [2.05, 4.69) is 37.4 Å². The van der Waals surface area contributed by atoms with Crippen LogP contribution in [-0.2, 0) is 0 Å². The van der Waals surface area contributed by atoms with Gasteiger partial charge in [0.1, 0.15) is 0 Å². The normalized spacial score (nSPS) is 31.7. The summed E-state index contributed by atoms with van der Waals surface area (Å²) in [6.07, 6.45) is 1.16. The highest BCUT2D eigenvalue weighted by atomic mass is 32.2. The lowest BCUT2D eigenvalue weighted by Crippen LogP contribution is -2.42. The Balaban J connectivity index is 2.29. The first-order valence-electron chi connectivity index (χ1n) is 5.69. The van der Waals surface area contributed by atoms with E-state index in [0.29, 0.717) is 0 Å². The largest absolute Gasteiger partial charge is 0.330 e. The van der Waals surface area contributed by atoms with Crippen LogP contribution in [0.1, 0.15) is 27.2 Å². The van der Waals surface area contributed by atoms with E-state index in [9.17, 15) is 0 Å². The zero-order valence-corrected chi connectivity index (χ0v) is 10.5. The van der Waals surface area contributed by atoms with E-state index in [4.69, 9.17) is 5.73 Å². The Hall–Kier alpha value is 0.270. The molecule has 0 amide bonds. The van der Waals surface area contributed by atoms with Gasteiger partial charge in [0.15, 0.2) is 0 Å². The van der Waals surface area contributed by atoms with Crippen LogP contribution in [0.3, 0.4) is 0 Å². The summed E-state index contributed by atoms with van der Waals surface area (Å²) in [5.74, 6) is 0.752. The standard InChI is InChI=1S/C11H24N2S/c1-9(4-5-12)6-13-7-10(2)14-11(3)8-13/h9-11H,4-8,12H2,1-3H3. The maximum absolute atomic E-state index is 5.57.